The van der Waals surface area contributed by atoms with Crippen molar-refractivity contribution < 1.29 is 14.4 Å². The third kappa shape index (κ3) is 5.20. The summed E-state index contributed by atoms with van der Waals surface area (Å²) < 4.78 is 0. The van der Waals surface area contributed by atoms with E-state index in [0.717, 1.165) is 12.0 Å². The van der Waals surface area contributed by atoms with Crippen LogP contribution < -0.4 is 16.0 Å². The van der Waals surface area contributed by atoms with Crippen LogP contribution in [0.25, 0.3) is 0 Å². The number of rotatable bonds is 7. The van der Waals surface area contributed by atoms with Gasteiger partial charge >= 0.3 is 0 Å². The molecule has 1 aromatic rings. The molecule has 6 nitrogen and oxygen atoms in total. The van der Waals surface area contributed by atoms with Crippen LogP contribution in [0, 0.1) is 11.8 Å². The number of hydrogen-bond donors (Lipinski definition) is 3. The van der Waals surface area contributed by atoms with Crippen LogP contribution in [0.3, 0.4) is 0 Å². The molecule has 0 heterocycles. The number of hydrogen-bond acceptors (Lipinski definition) is 3. The second kappa shape index (κ2) is 7.59. The Hall–Kier alpha value is -2.37. The number of carbonyl (C=O) groups is 3. The van der Waals surface area contributed by atoms with Gasteiger partial charge in [0.15, 0.2) is 0 Å². The van der Waals surface area contributed by atoms with Gasteiger partial charge < -0.3 is 16.0 Å². The molecule has 0 aromatic heterocycles. The van der Waals surface area contributed by atoms with Crippen LogP contribution >= 0.6 is 0 Å². The summed E-state index contributed by atoms with van der Waals surface area (Å²) in [5.74, 6) is -0.263. The SMILES string of the molecule is C[C@@H]1C[C@H]1C(=O)NCC(=O)NCC(=O)NCc1ccccc1. The standard InChI is InChI=1S/C16H21N3O3/c1-11-7-13(11)16(22)19-10-15(21)18-9-14(20)17-8-12-5-3-2-4-6-12/h2-6,11,13H,7-10H2,1H3,(H,17,20)(H,18,21)(H,19,22)/t11-,13-/m1/s1. The number of benzene rings is 1. The first-order valence-electron chi connectivity index (χ1n) is 7.41. The van der Waals surface area contributed by atoms with E-state index in [1.807, 2.05) is 37.3 Å². The zero-order valence-corrected chi connectivity index (χ0v) is 12.6. The summed E-state index contributed by atoms with van der Waals surface area (Å²) in [6, 6.07) is 9.52. The van der Waals surface area contributed by atoms with Crippen LogP contribution in [0.2, 0.25) is 0 Å². The Bertz CT molecular complexity index is 545. The summed E-state index contributed by atoms with van der Waals surface area (Å²) in [5.41, 5.74) is 0.994. The topological polar surface area (TPSA) is 87.3 Å². The highest BCUT2D eigenvalue weighted by Crippen LogP contribution is 2.37. The van der Waals surface area contributed by atoms with E-state index >= 15 is 0 Å². The average molecular weight is 303 g/mol. The molecule has 1 aromatic carbocycles. The lowest BCUT2D eigenvalue weighted by Crippen LogP contribution is -2.42. The second-order valence-electron chi connectivity index (χ2n) is 5.58. The van der Waals surface area contributed by atoms with Crippen LogP contribution in [0.4, 0.5) is 0 Å². The van der Waals surface area contributed by atoms with Gasteiger partial charge in [0.25, 0.3) is 0 Å². The molecule has 6 heteroatoms. The van der Waals surface area contributed by atoms with E-state index < -0.39 is 0 Å². The molecule has 0 saturated heterocycles. The highest BCUT2D eigenvalue weighted by molar-refractivity contribution is 5.89. The Labute approximate surface area is 129 Å². The molecule has 0 radical (unpaired) electrons. The predicted octanol–water partition coefficient (Wildman–Crippen LogP) is 0.191. The van der Waals surface area contributed by atoms with Gasteiger partial charge in [0.05, 0.1) is 13.1 Å². The van der Waals surface area contributed by atoms with E-state index in [-0.39, 0.29) is 36.7 Å². The summed E-state index contributed by atoms with van der Waals surface area (Å²) in [5, 5.41) is 7.76. The van der Waals surface area contributed by atoms with Crippen molar-refractivity contribution in [3.05, 3.63) is 35.9 Å². The van der Waals surface area contributed by atoms with Gasteiger partial charge in [-0.3, -0.25) is 14.4 Å². The Kier molecular flexibility index (Phi) is 5.52. The van der Waals surface area contributed by atoms with E-state index in [1.165, 1.54) is 0 Å². The van der Waals surface area contributed by atoms with Crippen LogP contribution in [-0.4, -0.2) is 30.8 Å². The monoisotopic (exact) mass is 303 g/mol. The molecule has 118 valence electrons. The fourth-order valence-corrected chi connectivity index (χ4v) is 2.09. The van der Waals surface area contributed by atoms with Crippen molar-refractivity contribution in [3.8, 4) is 0 Å². The number of nitrogens with one attached hydrogen (secondary N) is 3. The fourth-order valence-electron chi connectivity index (χ4n) is 2.09. The highest BCUT2D eigenvalue weighted by atomic mass is 16.2. The van der Waals surface area contributed by atoms with Gasteiger partial charge in [0.1, 0.15) is 0 Å². The van der Waals surface area contributed by atoms with E-state index in [4.69, 9.17) is 0 Å². The highest BCUT2D eigenvalue weighted by Gasteiger charge is 2.38. The zero-order valence-electron chi connectivity index (χ0n) is 12.6. The summed E-state index contributed by atoms with van der Waals surface area (Å²) in [7, 11) is 0. The van der Waals surface area contributed by atoms with E-state index in [0.29, 0.717) is 12.5 Å². The third-order valence-electron chi connectivity index (χ3n) is 3.65. The summed E-state index contributed by atoms with van der Waals surface area (Å²) >= 11 is 0. The Morgan fingerprint density at radius 2 is 1.59 bits per heavy atom. The van der Waals surface area contributed by atoms with Crippen LogP contribution in [0.1, 0.15) is 18.9 Å². The van der Waals surface area contributed by atoms with E-state index in [9.17, 15) is 14.4 Å². The van der Waals surface area contributed by atoms with Gasteiger partial charge in [-0.2, -0.15) is 0 Å². The van der Waals surface area contributed by atoms with Crippen molar-refractivity contribution in [3.63, 3.8) is 0 Å². The third-order valence-corrected chi connectivity index (χ3v) is 3.65. The van der Waals surface area contributed by atoms with E-state index in [1.54, 1.807) is 0 Å². The molecule has 0 aliphatic heterocycles. The van der Waals surface area contributed by atoms with Gasteiger partial charge in [0, 0.05) is 12.5 Å². The van der Waals surface area contributed by atoms with Gasteiger partial charge in [-0.1, -0.05) is 37.3 Å². The fraction of sp³-hybridized carbons (Fsp3) is 0.438. The summed E-state index contributed by atoms with van der Waals surface area (Å²) in [4.78, 5) is 34.7. The Balaban J connectivity index is 1.57. The van der Waals surface area contributed by atoms with Gasteiger partial charge in [-0.15, -0.1) is 0 Å². The van der Waals surface area contributed by atoms with Crippen molar-refractivity contribution in [2.75, 3.05) is 13.1 Å². The van der Waals surface area contributed by atoms with Crippen molar-refractivity contribution in [2.24, 2.45) is 11.8 Å². The lowest BCUT2D eigenvalue weighted by molar-refractivity contribution is -0.128. The molecule has 3 amide bonds. The zero-order chi connectivity index (χ0) is 15.9. The Morgan fingerprint density at radius 3 is 2.23 bits per heavy atom. The smallest absolute Gasteiger partial charge is 0.239 e. The van der Waals surface area contributed by atoms with E-state index in [2.05, 4.69) is 16.0 Å². The largest absolute Gasteiger partial charge is 0.350 e. The molecular weight excluding hydrogens is 282 g/mol. The predicted molar refractivity (Wildman–Crippen MR) is 81.6 cm³/mol. The lowest BCUT2D eigenvalue weighted by atomic mass is 10.2. The van der Waals surface area contributed by atoms with Gasteiger partial charge in [0.2, 0.25) is 17.7 Å². The van der Waals surface area contributed by atoms with Crippen LogP contribution in [0.5, 0.6) is 0 Å². The molecule has 1 aliphatic carbocycles. The maximum Gasteiger partial charge on any atom is 0.239 e. The Morgan fingerprint density at radius 1 is 1.00 bits per heavy atom. The minimum atomic E-state index is -0.364. The van der Waals surface area contributed by atoms with Crippen molar-refractivity contribution in [1.29, 1.82) is 0 Å². The molecule has 1 fully saturated rings. The molecule has 1 saturated carbocycles. The van der Waals surface area contributed by atoms with Gasteiger partial charge in [-0.25, -0.2) is 0 Å². The molecule has 0 bridgehead atoms. The first-order chi connectivity index (χ1) is 10.6. The molecule has 2 atom stereocenters. The molecule has 3 N–H and O–H groups in total. The van der Waals surface area contributed by atoms with Crippen molar-refractivity contribution >= 4 is 17.7 Å². The first-order valence-corrected chi connectivity index (χ1v) is 7.41. The van der Waals surface area contributed by atoms with Crippen molar-refractivity contribution in [1.82, 2.24) is 16.0 Å². The molecule has 0 unspecified atom stereocenters. The minimum Gasteiger partial charge on any atom is -0.350 e. The quantitative estimate of drug-likeness (QED) is 0.672. The first kappa shape index (κ1) is 16.0. The summed E-state index contributed by atoms with van der Waals surface area (Å²) in [6.45, 7) is 2.24. The second-order valence-corrected chi connectivity index (χ2v) is 5.58. The number of amides is 3. The molecule has 2 rings (SSSR count). The van der Waals surface area contributed by atoms with Gasteiger partial charge in [-0.05, 0) is 17.9 Å². The number of carbonyl (C=O) groups excluding carboxylic acids is 3. The van der Waals surface area contributed by atoms with Crippen molar-refractivity contribution in [2.45, 2.75) is 19.9 Å². The average Bonchev–Trinajstić information content (AvgIpc) is 3.26. The minimum absolute atomic E-state index is 0.0435. The molecular formula is C16H21N3O3. The van der Waals surface area contributed by atoms with Crippen LogP contribution in [-0.2, 0) is 20.9 Å². The maximum absolute atomic E-state index is 11.6. The maximum atomic E-state index is 11.6. The lowest BCUT2D eigenvalue weighted by Gasteiger charge is -2.08. The normalized spacial score (nSPS) is 19.1. The molecule has 1 aliphatic rings. The molecule has 22 heavy (non-hydrogen) atoms. The molecule has 0 spiro atoms. The van der Waals surface area contributed by atoms with Crippen LogP contribution in [0.15, 0.2) is 30.3 Å². The summed E-state index contributed by atoms with van der Waals surface area (Å²) in [6.07, 6.45) is 0.884.